The van der Waals surface area contributed by atoms with Crippen molar-refractivity contribution in [3.05, 3.63) is 41.1 Å². The summed E-state index contributed by atoms with van der Waals surface area (Å²) in [7, 11) is -1.71. The molecule has 0 unspecified atom stereocenters. The quantitative estimate of drug-likeness (QED) is 0.212. The van der Waals surface area contributed by atoms with Gasteiger partial charge in [-0.05, 0) is 18.6 Å². The Morgan fingerprint density at radius 2 is 1.63 bits per heavy atom. The van der Waals surface area contributed by atoms with Crippen LogP contribution in [-0.2, 0) is 23.2 Å². The van der Waals surface area contributed by atoms with Gasteiger partial charge in [-0.25, -0.2) is 0 Å². The van der Waals surface area contributed by atoms with Crippen LogP contribution < -0.4 is 0 Å². The van der Waals surface area contributed by atoms with Crippen molar-refractivity contribution in [1.29, 1.82) is 0 Å². The van der Waals surface area contributed by atoms with E-state index >= 15 is 0 Å². The zero-order chi connectivity index (χ0) is 23.0. The third kappa shape index (κ3) is 4.56. The van der Waals surface area contributed by atoms with Gasteiger partial charge in [0.05, 0.1) is 22.7 Å². The fraction of sp³-hybridized carbons (Fsp3) is 0.500. The Hall–Kier alpha value is -2.29. The van der Waals surface area contributed by atoms with Gasteiger partial charge in [0.2, 0.25) is 5.78 Å². The molecule has 0 spiro atoms. The molecule has 0 aliphatic heterocycles. The maximum Gasteiger partial charge on any atom is 0.421 e. The van der Waals surface area contributed by atoms with Crippen molar-refractivity contribution in [1.82, 2.24) is 9.47 Å². The lowest BCUT2D eigenvalue weighted by atomic mass is 10.1. The van der Waals surface area contributed by atoms with E-state index in [2.05, 4.69) is 67.7 Å². The highest BCUT2D eigenvalue weighted by atomic mass is 28.4. The molecule has 0 saturated heterocycles. The number of nitrogens with zero attached hydrogens (tertiary/aromatic N) is 4. The number of fused-ring (bicyclic) bond motifs is 1. The number of benzene rings is 1. The normalized spacial score (nSPS) is 12.2. The summed E-state index contributed by atoms with van der Waals surface area (Å²) >= 11 is 0. The number of ketones is 1. The molecule has 30 heavy (non-hydrogen) atoms. The second kappa shape index (κ2) is 8.45. The van der Waals surface area contributed by atoms with Gasteiger partial charge in [-0.2, -0.15) is 4.79 Å². The van der Waals surface area contributed by atoms with Crippen LogP contribution in [0.25, 0.3) is 16.4 Å². The number of rotatable bonds is 7. The highest BCUT2D eigenvalue weighted by Crippen LogP contribution is 2.30. The van der Waals surface area contributed by atoms with Crippen LogP contribution in [-0.4, -0.2) is 53.1 Å². The minimum absolute atomic E-state index is 0.0611. The molecule has 2 rings (SSSR count). The van der Waals surface area contributed by atoms with E-state index in [9.17, 15) is 15.1 Å². The smallest absolute Gasteiger partial charge is 0.360 e. The van der Waals surface area contributed by atoms with Gasteiger partial charge in [0.1, 0.15) is 0 Å². The second-order valence-electron chi connectivity index (χ2n) is 10.2. The van der Waals surface area contributed by atoms with Gasteiger partial charge in [-0.1, -0.05) is 57.5 Å². The standard InChI is InChI=1S/C22H34N4O2Si2/c1-15-17-12-10-11-13-18(17)25(3)19(15)14-26(21(28)20(24-23)16(2)27)22(29(4,5)6)30(7,8)9/h10-13,22H,14H2,1-9H3. The lowest BCUT2D eigenvalue weighted by molar-refractivity contribution is -0.132. The molecule has 1 aromatic heterocycles. The number of para-hydroxylation sites is 1. The van der Waals surface area contributed by atoms with E-state index in [1.807, 2.05) is 24.1 Å². The van der Waals surface area contributed by atoms with Crippen molar-refractivity contribution in [2.75, 3.05) is 0 Å². The van der Waals surface area contributed by atoms with E-state index in [1.54, 1.807) is 0 Å². The summed E-state index contributed by atoms with van der Waals surface area (Å²) in [6, 6.07) is 8.18. The summed E-state index contributed by atoms with van der Waals surface area (Å²) < 4.78 is 2.12. The van der Waals surface area contributed by atoms with Gasteiger partial charge in [0.15, 0.2) is 0 Å². The Bertz CT molecular complexity index is 985. The van der Waals surface area contributed by atoms with Gasteiger partial charge in [0, 0.05) is 35.9 Å². The molecular weight excluding hydrogens is 408 g/mol. The average molecular weight is 443 g/mol. The Labute approximate surface area is 181 Å². The second-order valence-corrected chi connectivity index (χ2v) is 21.4. The lowest BCUT2D eigenvalue weighted by Crippen LogP contribution is -2.65. The van der Waals surface area contributed by atoms with Crippen molar-refractivity contribution in [3.63, 3.8) is 0 Å². The van der Waals surface area contributed by atoms with Gasteiger partial charge in [-0.3, -0.25) is 9.59 Å². The van der Waals surface area contributed by atoms with Gasteiger partial charge in [0.25, 0.3) is 0 Å². The highest BCUT2D eigenvalue weighted by molar-refractivity contribution is 6.96. The number of hydrogen-bond donors (Lipinski definition) is 0. The largest absolute Gasteiger partial charge is 0.421 e. The first-order chi connectivity index (χ1) is 13.7. The van der Waals surface area contributed by atoms with Crippen LogP contribution in [0.3, 0.4) is 0 Å². The van der Waals surface area contributed by atoms with E-state index in [4.69, 9.17) is 0 Å². The predicted octanol–water partition coefficient (Wildman–Crippen LogP) is 4.20. The number of Topliss-reactive ketones (excluding diaryl/α,β-unsaturated/α-hetero) is 1. The molecule has 2 aromatic rings. The van der Waals surface area contributed by atoms with Crippen molar-refractivity contribution in [3.8, 4) is 0 Å². The van der Waals surface area contributed by atoms with Crippen LogP contribution in [0, 0.1) is 6.92 Å². The van der Waals surface area contributed by atoms with E-state index in [0.29, 0.717) is 6.54 Å². The molecule has 0 fully saturated rings. The topological polar surface area (TPSA) is 78.7 Å². The first kappa shape index (κ1) is 24.0. The van der Waals surface area contributed by atoms with E-state index in [-0.39, 0.29) is 5.29 Å². The summed E-state index contributed by atoms with van der Waals surface area (Å²) in [6.07, 6.45) is 0. The number of aromatic nitrogens is 1. The molecule has 6 nitrogen and oxygen atoms in total. The van der Waals surface area contributed by atoms with Crippen molar-refractivity contribution in [2.45, 2.75) is 65.0 Å². The monoisotopic (exact) mass is 442 g/mol. The average Bonchev–Trinajstić information content (AvgIpc) is 2.84. The first-order valence-corrected chi connectivity index (χ1v) is 17.4. The van der Waals surface area contributed by atoms with Crippen molar-refractivity contribution in [2.24, 2.45) is 7.05 Å². The maximum atomic E-state index is 13.5. The van der Waals surface area contributed by atoms with Gasteiger partial charge >= 0.3 is 11.6 Å². The Kier molecular flexibility index (Phi) is 6.76. The molecule has 0 radical (unpaired) electrons. The van der Waals surface area contributed by atoms with Crippen molar-refractivity contribution < 1.29 is 14.4 Å². The molecule has 0 aliphatic carbocycles. The van der Waals surface area contributed by atoms with E-state index in [1.165, 1.54) is 6.92 Å². The molecule has 0 saturated carbocycles. The summed E-state index contributed by atoms with van der Waals surface area (Å²) in [5.74, 6) is -1.00. The van der Waals surface area contributed by atoms with Crippen LogP contribution in [0.5, 0.6) is 0 Å². The summed E-state index contributed by atoms with van der Waals surface area (Å²) in [5, 5.41) is 1.22. The SMILES string of the molecule is CC(=O)C(=[N+]=[N-])C(=O)N(Cc1c(C)c2ccccc2n1C)C([Si](C)(C)C)[Si](C)(C)C. The van der Waals surface area contributed by atoms with Crippen LogP contribution in [0.2, 0.25) is 39.3 Å². The molecule has 8 heteroatoms. The summed E-state index contributed by atoms with van der Waals surface area (Å²) in [6.45, 7) is 17.3. The zero-order valence-electron chi connectivity index (χ0n) is 19.7. The number of carbonyl (C=O) groups excluding carboxylic acids is 2. The number of amides is 1. The first-order valence-electron chi connectivity index (χ1n) is 10.3. The third-order valence-corrected chi connectivity index (χ3v) is 14.8. The molecule has 0 bridgehead atoms. The number of hydrogen-bond acceptors (Lipinski definition) is 2. The minimum Gasteiger partial charge on any atom is -0.360 e. The third-order valence-electron chi connectivity index (χ3n) is 5.68. The van der Waals surface area contributed by atoms with Crippen LogP contribution in [0.15, 0.2) is 24.3 Å². The van der Waals surface area contributed by atoms with E-state index < -0.39 is 33.5 Å². The molecule has 1 heterocycles. The predicted molar refractivity (Wildman–Crippen MR) is 128 cm³/mol. The highest BCUT2D eigenvalue weighted by Gasteiger charge is 2.47. The fourth-order valence-corrected chi connectivity index (χ4v) is 17.6. The zero-order valence-corrected chi connectivity index (χ0v) is 21.7. The molecule has 0 aliphatic rings. The molecule has 0 N–H and O–H groups in total. The van der Waals surface area contributed by atoms with Crippen molar-refractivity contribution >= 4 is 44.5 Å². The molecule has 1 aromatic carbocycles. The van der Waals surface area contributed by atoms with Crippen LogP contribution in [0.4, 0.5) is 0 Å². The van der Waals surface area contributed by atoms with Gasteiger partial charge in [-0.15, -0.1) is 0 Å². The number of carbonyl (C=O) groups is 2. The molecular formula is C22H34N4O2Si2. The molecule has 162 valence electrons. The van der Waals surface area contributed by atoms with Crippen LogP contribution in [0.1, 0.15) is 18.2 Å². The maximum absolute atomic E-state index is 13.5. The lowest BCUT2D eigenvalue weighted by Gasteiger charge is -2.45. The molecule has 0 atom stereocenters. The van der Waals surface area contributed by atoms with E-state index in [0.717, 1.165) is 22.2 Å². The summed E-state index contributed by atoms with van der Waals surface area (Å²) in [4.78, 5) is 30.5. The fourth-order valence-electron chi connectivity index (χ4n) is 4.94. The van der Waals surface area contributed by atoms with Crippen LogP contribution >= 0.6 is 0 Å². The minimum atomic E-state index is -1.86. The summed E-state index contributed by atoms with van der Waals surface area (Å²) in [5.41, 5.74) is 12.3. The number of aryl methyl sites for hydroxylation is 2. The molecule has 1 amide bonds. The van der Waals surface area contributed by atoms with Gasteiger partial charge < -0.3 is 15.0 Å². The Morgan fingerprint density at radius 3 is 2.07 bits per heavy atom. The Morgan fingerprint density at radius 1 is 1.10 bits per heavy atom. The Balaban J connectivity index is 2.73.